The van der Waals surface area contributed by atoms with E-state index in [0.29, 0.717) is 0 Å². The Hall–Kier alpha value is -2.49. The van der Waals surface area contributed by atoms with Crippen LogP contribution in [-0.4, -0.2) is 5.91 Å². The number of halogens is 2. The molecule has 0 bridgehead atoms. The number of amides is 1. The van der Waals surface area contributed by atoms with E-state index in [-0.39, 0.29) is 11.5 Å². The number of hydrogen-bond acceptors (Lipinski definition) is 1. The Labute approximate surface area is 128 Å². The predicted octanol–water partition coefficient (Wildman–Crippen LogP) is 4.16. The highest BCUT2D eigenvalue weighted by molar-refractivity contribution is 5.91. The second kappa shape index (κ2) is 6.98. The third kappa shape index (κ3) is 4.25. The number of nitrogens with one attached hydrogen (secondary N) is 1. The molecule has 2 rings (SSSR count). The van der Waals surface area contributed by atoms with E-state index >= 15 is 0 Å². The second-order valence-electron chi connectivity index (χ2n) is 5.14. The summed E-state index contributed by atoms with van der Waals surface area (Å²) in [7, 11) is 0. The highest BCUT2D eigenvalue weighted by Gasteiger charge is 2.12. The molecule has 1 amide bonds. The Kier molecular flexibility index (Phi) is 5.04. The van der Waals surface area contributed by atoms with Crippen LogP contribution in [-0.2, 0) is 4.79 Å². The van der Waals surface area contributed by atoms with Crippen LogP contribution in [0.3, 0.4) is 0 Å². The summed E-state index contributed by atoms with van der Waals surface area (Å²) in [6.45, 7) is 3.63. The summed E-state index contributed by atoms with van der Waals surface area (Å²) in [5.41, 5.74) is 2.29. The van der Waals surface area contributed by atoms with Gasteiger partial charge in [-0.1, -0.05) is 35.9 Å². The number of hydrogen-bond donors (Lipinski definition) is 1. The van der Waals surface area contributed by atoms with E-state index in [1.54, 1.807) is 13.0 Å². The zero-order valence-corrected chi connectivity index (χ0v) is 12.4. The van der Waals surface area contributed by atoms with Crippen LogP contribution in [0.15, 0.2) is 48.5 Å². The molecule has 0 radical (unpaired) electrons. The molecule has 0 aliphatic rings. The van der Waals surface area contributed by atoms with E-state index < -0.39 is 17.7 Å². The first-order valence-electron chi connectivity index (χ1n) is 6.96. The summed E-state index contributed by atoms with van der Waals surface area (Å²) < 4.78 is 26.5. The van der Waals surface area contributed by atoms with Crippen molar-refractivity contribution in [3.05, 3.63) is 76.9 Å². The highest BCUT2D eigenvalue weighted by atomic mass is 19.1. The lowest BCUT2D eigenvalue weighted by Gasteiger charge is -2.13. The summed E-state index contributed by atoms with van der Waals surface area (Å²) in [4.78, 5) is 11.9. The van der Waals surface area contributed by atoms with Gasteiger partial charge in [0.05, 0.1) is 6.04 Å². The Bertz CT molecular complexity index is 693. The molecule has 0 fully saturated rings. The molecule has 114 valence electrons. The Morgan fingerprint density at radius 2 is 1.82 bits per heavy atom. The van der Waals surface area contributed by atoms with Crippen molar-refractivity contribution in [3.8, 4) is 0 Å². The molecule has 4 heteroatoms. The van der Waals surface area contributed by atoms with Gasteiger partial charge >= 0.3 is 0 Å². The largest absolute Gasteiger partial charge is 0.346 e. The Morgan fingerprint density at radius 1 is 1.14 bits per heavy atom. The van der Waals surface area contributed by atoms with Crippen LogP contribution < -0.4 is 5.32 Å². The first kappa shape index (κ1) is 15.9. The van der Waals surface area contributed by atoms with Crippen LogP contribution in [0.5, 0.6) is 0 Å². The lowest BCUT2D eigenvalue weighted by molar-refractivity contribution is -0.117. The minimum absolute atomic E-state index is 0.249. The molecular weight excluding hydrogens is 284 g/mol. The molecule has 22 heavy (non-hydrogen) atoms. The normalized spacial score (nSPS) is 12.4. The Morgan fingerprint density at radius 3 is 2.45 bits per heavy atom. The zero-order chi connectivity index (χ0) is 16.1. The van der Waals surface area contributed by atoms with E-state index in [9.17, 15) is 13.6 Å². The summed E-state index contributed by atoms with van der Waals surface area (Å²) in [6.07, 6.45) is 3.07. The molecule has 1 N–H and O–H groups in total. The zero-order valence-electron chi connectivity index (χ0n) is 12.4. The van der Waals surface area contributed by atoms with E-state index in [1.165, 1.54) is 18.2 Å². The topological polar surface area (TPSA) is 29.1 Å². The minimum Gasteiger partial charge on any atom is -0.346 e. The van der Waals surface area contributed by atoms with Crippen molar-refractivity contribution in [1.29, 1.82) is 0 Å². The lowest BCUT2D eigenvalue weighted by atomic mass is 10.1. The van der Waals surface area contributed by atoms with Crippen molar-refractivity contribution in [1.82, 2.24) is 5.32 Å². The number of benzene rings is 2. The van der Waals surface area contributed by atoms with Crippen molar-refractivity contribution in [2.75, 3.05) is 0 Å². The molecule has 0 aromatic heterocycles. The quantitative estimate of drug-likeness (QED) is 0.844. The first-order valence-corrected chi connectivity index (χ1v) is 6.96. The fraction of sp³-hybridized carbons (Fsp3) is 0.167. The second-order valence-corrected chi connectivity index (χ2v) is 5.14. The van der Waals surface area contributed by atoms with Crippen molar-refractivity contribution in [2.45, 2.75) is 19.9 Å². The average Bonchev–Trinajstić information content (AvgIpc) is 2.46. The van der Waals surface area contributed by atoms with Crippen molar-refractivity contribution < 1.29 is 13.6 Å². The fourth-order valence-corrected chi connectivity index (χ4v) is 2.04. The summed E-state index contributed by atoms with van der Waals surface area (Å²) in [5, 5.41) is 2.65. The van der Waals surface area contributed by atoms with E-state index in [0.717, 1.165) is 17.2 Å². The van der Waals surface area contributed by atoms with Gasteiger partial charge in [0.25, 0.3) is 0 Å². The number of carbonyl (C=O) groups is 1. The minimum atomic E-state index is -0.671. The van der Waals surface area contributed by atoms with Crippen molar-refractivity contribution in [2.24, 2.45) is 0 Å². The van der Waals surface area contributed by atoms with Gasteiger partial charge in [0.2, 0.25) is 5.91 Å². The van der Waals surface area contributed by atoms with Gasteiger partial charge in [0.1, 0.15) is 11.6 Å². The molecule has 0 heterocycles. The standard InChI is InChI=1S/C18H17F2NO/c1-12-3-5-14(6-4-12)7-10-18(22)21-13(2)16-9-8-15(19)11-17(16)20/h3-11,13H,1-2H3,(H,21,22)/b10-7+/t13-/m0/s1. The van der Waals surface area contributed by atoms with Gasteiger partial charge in [-0.3, -0.25) is 4.79 Å². The molecule has 2 nitrogen and oxygen atoms in total. The fourth-order valence-electron chi connectivity index (χ4n) is 2.04. The maximum Gasteiger partial charge on any atom is 0.244 e. The maximum atomic E-state index is 13.6. The predicted molar refractivity (Wildman–Crippen MR) is 83.1 cm³/mol. The summed E-state index contributed by atoms with van der Waals surface area (Å²) in [6, 6.07) is 10.5. The van der Waals surface area contributed by atoms with Crippen LogP contribution in [0.2, 0.25) is 0 Å². The van der Waals surface area contributed by atoms with Crippen molar-refractivity contribution in [3.63, 3.8) is 0 Å². The van der Waals surface area contributed by atoms with Gasteiger partial charge in [0, 0.05) is 17.7 Å². The molecule has 0 saturated carbocycles. The lowest BCUT2D eigenvalue weighted by Crippen LogP contribution is -2.25. The Balaban J connectivity index is 2.00. The highest BCUT2D eigenvalue weighted by Crippen LogP contribution is 2.17. The number of rotatable bonds is 4. The van der Waals surface area contributed by atoms with Gasteiger partial charge in [-0.15, -0.1) is 0 Å². The smallest absolute Gasteiger partial charge is 0.244 e. The molecule has 0 unspecified atom stereocenters. The van der Waals surface area contributed by atoms with Crippen LogP contribution in [0.25, 0.3) is 6.08 Å². The average molecular weight is 301 g/mol. The molecule has 2 aromatic rings. The van der Waals surface area contributed by atoms with Crippen LogP contribution in [0.4, 0.5) is 8.78 Å². The van der Waals surface area contributed by atoms with Crippen LogP contribution >= 0.6 is 0 Å². The van der Waals surface area contributed by atoms with Crippen molar-refractivity contribution >= 4 is 12.0 Å². The van der Waals surface area contributed by atoms with E-state index in [1.807, 2.05) is 31.2 Å². The molecule has 2 aromatic carbocycles. The van der Waals surface area contributed by atoms with Gasteiger partial charge < -0.3 is 5.32 Å². The molecule has 1 atom stereocenters. The molecule has 0 saturated heterocycles. The van der Waals surface area contributed by atoms with Gasteiger partial charge in [0.15, 0.2) is 0 Å². The third-order valence-corrected chi connectivity index (χ3v) is 3.29. The van der Waals surface area contributed by atoms with Crippen LogP contribution in [0.1, 0.15) is 29.7 Å². The SMILES string of the molecule is Cc1ccc(/C=C/C(=O)N[C@@H](C)c2ccc(F)cc2F)cc1. The van der Waals surface area contributed by atoms with Crippen LogP contribution in [0, 0.1) is 18.6 Å². The summed E-state index contributed by atoms with van der Waals surface area (Å²) in [5.74, 6) is -1.65. The third-order valence-electron chi connectivity index (χ3n) is 3.29. The van der Waals surface area contributed by atoms with Gasteiger partial charge in [-0.2, -0.15) is 0 Å². The monoisotopic (exact) mass is 301 g/mol. The first-order chi connectivity index (χ1) is 10.5. The molecule has 0 aliphatic heterocycles. The van der Waals surface area contributed by atoms with E-state index in [2.05, 4.69) is 5.32 Å². The molecular formula is C18H17F2NO. The molecule has 0 spiro atoms. The number of aryl methyl sites for hydroxylation is 1. The van der Waals surface area contributed by atoms with Gasteiger partial charge in [-0.25, -0.2) is 8.78 Å². The van der Waals surface area contributed by atoms with E-state index in [4.69, 9.17) is 0 Å². The molecule has 0 aliphatic carbocycles. The maximum absolute atomic E-state index is 13.6. The summed E-state index contributed by atoms with van der Waals surface area (Å²) >= 11 is 0. The van der Waals surface area contributed by atoms with Gasteiger partial charge in [-0.05, 0) is 31.6 Å². The number of carbonyl (C=O) groups excluding carboxylic acids is 1.